The van der Waals surface area contributed by atoms with Crippen molar-refractivity contribution in [2.45, 2.75) is 4.90 Å². The van der Waals surface area contributed by atoms with Crippen molar-refractivity contribution in [3.05, 3.63) is 83.3 Å². The molecule has 0 fully saturated rings. The summed E-state index contributed by atoms with van der Waals surface area (Å²) >= 11 is 3.38. The molecule has 0 atom stereocenters. The summed E-state index contributed by atoms with van der Waals surface area (Å²) in [6, 6.07) is 23.6. The van der Waals surface area contributed by atoms with Gasteiger partial charge in [0, 0.05) is 22.0 Å². The Labute approximate surface area is 191 Å². The van der Waals surface area contributed by atoms with Crippen LogP contribution in [0.5, 0.6) is 5.75 Å². The Morgan fingerprint density at radius 3 is 2.23 bits per heavy atom. The lowest BCUT2D eigenvalue weighted by Gasteiger charge is -2.15. The Kier molecular flexibility index (Phi) is 6.18. The molecule has 0 saturated heterocycles. The van der Waals surface area contributed by atoms with Crippen molar-refractivity contribution in [3.8, 4) is 17.0 Å². The van der Waals surface area contributed by atoms with Crippen LogP contribution in [-0.4, -0.2) is 44.5 Å². The second-order valence-corrected chi connectivity index (χ2v) is 10.1. The number of aromatic nitrogens is 1. The predicted molar refractivity (Wildman–Crippen MR) is 128 cm³/mol. The number of para-hydroxylation sites is 1. The van der Waals surface area contributed by atoms with Gasteiger partial charge in [0.05, 0.1) is 10.4 Å². The van der Waals surface area contributed by atoms with E-state index in [1.165, 1.54) is 3.97 Å². The van der Waals surface area contributed by atoms with Crippen LogP contribution in [0.15, 0.2) is 88.2 Å². The Bertz CT molecular complexity index is 1300. The van der Waals surface area contributed by atoms with Gasteiger partial charge in [0.25, 0.3) is 10.0 Å². The molecule has 0 aliphatic heterocycles. The molecule has 0 N–H and O–H groups in total. The third-order valence-electron chi connectivity index (χ3n) is 4.97. The van der Waals surface area contributed by atoms with Gasteiger partial charge >= 0.3 is 0 Å². The number of fused-ring (bicyclic) bond motifs is 1. The minimum atomic E-state index is -3.88. The fourth-order valence-corrected chi connectivity index (χ4v) is 5.27. The van der Waals surface area contributed by atoms with E-state index >= 15 is 0 Å². The van der Waals surface area contributed by atoms with E-state index in [1.807, 2.05) is 73.6 Å². The lowest BCUT2D eigenvalue weighted by molar-refractivity contribution is 0.264. The van der Waals surface area contributed by atoms with E-state index < -0.39 is 10.0 Å². The molecular weight excluding hydrogens is 476 g/mol. The van der Waals surface area contributed by atoms with E-state index in [1.54, 1.807) is 24.3 Å². The highest BCUT2D eigenvalue weighted by molar-refractivity contribution is 9.10. The largest absolute Gasteiger partial charge is 0.489 e. The lowest BCUT2D eigenvalue weighted by atomic mass is 10.1. The number of ether oxygens (including phenoxy) is 1. The molecular formula is C24H23BrN2O3S. The average Bonchev–Trinajstić information content (AvgIpc) is 3.10. The van der Waals surface area contributed by atoms with E-state index in [9.17, 15) is 8.42 Å². The van der Waals surface area contributed by atoms with Gasteiger partial charge in [-0.2, -0.15) is 0 Å². The van der Waals surface area contributed by atoms with Gasteiger partial charge in [0.15, 0.2) is 5.75 Å². The Morgan fingerprint density at radius 1 is 0.903 bits per heavy atom. The SMILES string of the molecule is CN(C)CCOc1c(-c2ccccc2)n(S(=O)(=O)c2ccc(Br)cc2)c2ccccc12. The van der Waals surface area contributed by atoms with Crippen LogP contribution in [0, 0.1) is 0 Å². The van der Waals surface area contributed by atoms with Gasteiger partial charge in [-0.15, -0.1) is 0 Å². The molecule has 3 aromatic carbocycles. The highest BCUT2D eigenvalue weighted by atomic mass is 79.9. The molecule has 0 bridgehead atoms. The molecule has 4 rings (SSSR count). The molecule has 5 nitrogen and oxygen atoms in total. The summed E-state index contributed by atoms with van der Waals surface area (Å²) in [4.78, 5) is 2.24. The molecule has 0 amide bonds. The number of rotatable bonds is 7. The fraction of sp³-hybridized carbons (Fsp3) is 0.167. The molecule has 0 aliphatic carbocycles. The Morgan fingerprint density at radius 2 is 1.55 bits per heavy atom. The topological polar surface area (TPSA) is 51.5 Å². The zero-order chi connectivity index (χ0) is 22.0. The molecule has 1 aromatic heterocycles. The summed E-state index contributed by atoms with van der Waals surface area (Å²) < 4.78 is 36.1. The van der Waals surface area contributed by atoms with Crippen molar-refractivity contribution in [2.24, 2.45) is 0 Å². The average molecular weight is 499 g/mol. The van der Waals surface area contributed by atoms with Crippen LogP contribution in [0.1, 0.15) is 0 Å². The third-order valence-corrected chi connectivity index (χ3v) is 7.23. The van der Waals surface area contributed by atoms with Crippen molar-refractivity contribution in [1.82, 2.24) is 8.87 Å². The fourth-order valence-electron chi connectivity index (χ4n) is 3.47. The monoisotopic (exact) mass is 498 g/mol. The van der Waals surface area contributed by atoms with E-state index in [0.717, 1.165) is 15.4 Å². The zero-order valence-electron chi connectivity index (χ0n) is 17.3. The summed E-state index contributed by atoms with van der Waals surface area (Å²) in [6.45, 7) is 1.16. The maximum Gasteiger partial charge on any atom is 0.268 e. The highest BCUT2D eigenvalue weighted by Gasteiger charge is 2.28. The molecule has 4 aromatic rings. The van der Waals surface area contributed by atoms with Crippen LogP contribution < -0.4 is 4.74 Å². The Balaban J connectivity index is 2.01. The maximum absolute atomic E-state index is 13.8. The number of likely N-dealkylation sites (N-methyl/N-ethyl adjacent to an activating group) is 1. The number of nitrogens with zero attached hydrogens (tertiary/aromatic N) is 2. The van der Waals surface area contributed by atoms with Crippen LogP contribution in [0.3, 0.4) is 0 Å². The number of hydrogen-bond donors (Lipinski definition) is 0. The summed E-state index contributed by atoms with van der Waals surface area (Å²) in [6.07, 6.45) is 0. The van der Waals surface area contributed by atoms with Gasteiger partial charge in [-0.1, -0.05) is 58.4 Å². The predicted octanol–water partition coefficient (Wildman–Crippen LogP) is 5.25. The molecule has 0 aliphatic rings. The van der Waals surface area contributed by atoms with E-state index in [-0.39, 0.29) is 4.90 Å². The molecule has 0 unspecified atom stereocenters. The molecule has 0 radical (unpaired) electrons. The quantitative estimate of drug-likeness (QED) is 0.349. The first-order chi connectivity index (χ1) is 14.9. The van der Waals surface area contributed by atoms with Crippen molar-refractivity contribution < 1.29 is 13.2 Å². The molecule has 0 spiro atoms. The number of benzene rings is 3. The van der Waals surface area contributed by atoms with Gasteiger partial charge in [-0.25, -0.2) is 12.4 Å². The van der Waals surface area contributed by atoms with Gasteiger partial charge in [0.2, 0.25) is 0 Å². The summed E-state index contributed by atoms with van der Waals surface area (Å²) in [5.74, 6) is 0.573. The van der Waals surface area contributed by atoms with E-state index in [4.69, 9.17) is 4.74 Å². The smallest absolute Gasteiger partial charge is 0.268 e. The van der Waals surface area contributed by atoms with Gasteiger partial charge in [-0.05, 0) is 50.5 Å². The van der Waals surface area contributed by atoms with Crippen molar-refractivity contribution in [1.29, 1.82) is 0 Å². The zero-order valence-corrected chi connectivity index (χ0v) is 19.7. The van der Waals surface area contributed by atoms with Crippen molar-refractivity contribution >= 4 is 36.9 Å². The second kappa shape index (κ2) is 8.86. The van der Waals surface area contributed by atoms with Crippen molar-refractivity contribution in [3.63, 3.8) is 0 Å². The van der Waals surface area contributed by atoms with Crippen LogP contribution in [-0.2, 0) is 10.0 Å². The van der Waals surface area contributed by atoms with Crippen LogP contribution >= 0.6 is 15.9 Å². The minimum Gasteiger partial charge on any atom is -0.489 e. The van der Waals surface area contributed by atoms with Crippen LogP contribution in [0.25, 0.3) is 22.2 Å². The third kappa shape index (κ3) is 4.26. The highest BCUT2D eigenvalue weighted by Crippen LogP contribution is 2.42. The van der Waals surface area contributed by atoms with Crippen molar-refractivity contribution in [2.75, 3.05) is 27.2 Å². The normalized spacial score (nSPS) is 11.9. The first-order valence-corrected chi connectivity index (χ1v) is 12.1. The van der Waals surface area contributed by atoms with E-state index in [2.05, 4.69) is 15.9 Å². The molecule has 160 valence electrons. The molecule has 7 heteroatoms. The number of halogens is 1. The molecule has 0 saturated carbocycles. The Hall–Kier alpha value is -2.61. The first-order valence-electron chi connectivity index (χ1n) is 9.87. The standard InChI is InChI=1S/C24H23BrN2O3S/c1-26(2)16-17-30-24-21-10-6-7-11-22(21)27(23(24)18-8-4-3-5-9-18)31(28,29)20-14-12-19(25)13-15-20/h3-15H,16-17H2,1-2H3. The molecule has 31 heavy (non-hydrogen) atoms. The van der Waals surface area contributed by atoms with Crippen LogP contribution in [0.2, 0.25) is 0 Å². The number of hydrogen-bond acceptors (Lipinski definition) is 4. The minimum absolute atomic E-state index is 0.216. The molecule has 1 heterocycles. The maximum atomic E-state index is 13.8. The second-order valence-electron chi connectivity index (χ2n) is 7.44. The van der Waals surface area contributed by atoms with Gasteiger partial charge in [-0.3, -0.25) is 0 Å². The van der Waals surface area contributed by atoms with Gasteiger partial charge in [0.1, 0.15) is 12.3 Å². The lowest BCUT2D eigenvalue weighted by Crippen LogP contribution is -2.19. The van der Waals surface area contributed by atoms with E-state index in [0.29, 0.717) is 30.1 Å². The summed E-state index contributed by atoms with van der Waals surface area (Å²) in [5.41, 5.74) is 1.90. The summed E-state index contributed by atoms with van der Waals surface area (Å²) in [7, 11) is 0.0736. The summed E-state index contributed by atoms with van der Waals surface area (Å²) in [5, 5.41) is 0.765. The first kappa shape index (κ1) is 21.6. The van der Waals surface area contributed by atoms with Gasteiger partial charge < -0.3 is 9.64 Å². The van der Waals surface area contributed by atoms with Crippen LogP contribution in [0.4, 0.5) is 0 Å².